The fourth-order valence-electron chi connectivity index (χ4n) is 2.35. The lowest BCUT2D eigenvalue weighted by atomic mass is 10.1. The van der Waals surface area contributed by atoms with Crippen molar-refractivity contribution in [1.82, 2.24) is 0 Å². The van der Waals surface area contributed by atoms with Crippen LogP contribution in [0, 0.1) is 0 Å². The lowest BCUT2D eigenvalue weighted by molar-refractivity contribution is -0.136. The molecule has 0 heterocycles. The van der Waals surface area contributed by atoms with Crippen LogP contribution in [0.4, 0.5) is 16.2 Å². The fraction of sp³-hybridized carbons (Fsp3) is 0.263. The van der Waals surface area contributed by atoms with E-state index in [1.807, 2.05) is 31.2 Å². The molecule has 0 aromatic heterocycles. The van der Waals surface area contributed by atoms with Crippen molar-refractivity contribution in [2.24, 2.45) is 0 Å². The van der Waals surface area contributed by atoms with Crippen LogP contribution in [0.15, 0.2) is 48.5 Å². The maximum atomic E-state index is 12.2. The number of nitrogens with one attached hydrogen (secondary N) is 2. The number of benzene rings is 2. The van der Waals surface area contributed by atoms with Crippen molar-refractivity contribution in [1.29, 1.82) is 0 Å². The van der Waals surface area contributed by atoms with Gasteiger partial charge in [0.2, 0.25) is 0 Å². The number of methoxy groups -OCH3 is 1. The average molecular weight is 342 g/mol. The number of aryl methyl sites for hydroxylation is 1. The Hall–Kier alpha value is -2.86. The van der Waals surface area contributed by atoms with E-state index in [1.165, 1.54) is 0 Å². The molecule has 0 fully saturated rings. The molecular formula is C19H22N2O4. The number of carboxylic acid groups (broad SMARTS) is 1. The van der Waals surface area contributed by atoms with Crippen LogP contribution < -0.4 is 10.6 Å². The van der Waals surface area contributed by atoms with E-state index >= 15 is 0 Å². The van der Waals surface area contributed by atoms with Crippen LogP contribution in [0.5, 0.6) is 0 Å². The van der Waals surface area contributed by atoms with Gasteiger partial charge in [-0.15, -0.1) is 0 Å². The summed E-state index contributed by atoms with van der Waals surface area (Å²) in [6, 6.07) is 14.2. The van der Waals surface area contributed by atoms with Crippen LogP contribution in [0.3, 0.4) is 0 Å². The summed E-state index contributed by atoms with van der Waals surface area (Å²) < 4.78 is 5.27. The van der Waals surface area contributed by atoms with E-state index in [0.717, 1.165) is 11.1 Å². The van der Waals surface area contributed by atoms with Crippen LogP contribution in [0.25, 0.3) is 0 Å². The third kappa shape index (κ3) is 5.93. The van der Waals surface area contributed by atoms with Gasteiger partial charge in [0.15, 0.2) is 0 Å². The second kappa shape index (κ2) is 8.84. The first-order valence-electron chi connectivity index (χ1n) is 7.99. The number of anilines is 2. The summed E-state index contributed by atoms with van der Waals surface area (Å²) in [6.45, 7) is 1.93. The second-order valence-electron chi connectivity index (χ2n) is 5.68. The van der Waals surface area contributed by atoms with Gasteiger partial charge in [-0.05, 0) is 48.7 Å². The molecule has 2 aromatic rings. The average Bonchev–Trinajstić information content (AvgIpc) is 2.59. The third-order valence-corrected chi connectivity index (χ3v) is 3.78. The molecule has 3 N–H and O–H groups in total. The van der Waals surface area contributed by atoms with Crippen molar-refractivity contribution >= 4 is 23.4 Å². The maximum Gasteiger partial charge on any atom is 0.323 e. The topological polar surface area (TPSA) is 87.7 Å². The van der Waals surface area contributed by atoms with Gasteiger partial charge in [-0.3, -0.25) is 4.79 Å². The first kappa shape index (κ1) is 18.5. The van der Waals surface area contributed by atoms with E-state index in [1.54, 1.807) is 31.4 Å². The largest absolute Gasteiger partial charge is 0.481 e. The molecular weight excluding hydrogens is 320 g/mol. The normalized spacial score (nSPS) is 11.6. The zero-order chi connectivity index (χ0) is 18.2. The summed E-state index contributed by atoms with van der Waals surface area (Å²) in [6.07, 6.45) is 0.416. The predicted molar refractivity (Wildman–Crippen MR) is 96.9 cm³/mol. The van der Waals surface area contributed by atoms with Gasteiger partial charge in [-0.25, -0.2) is 4.79 Å². The van der Waals surface area contributed by atoms with Gasteiger partial charge in [0.25, 0.3) is 0 Å². The lowest BCUT2D eigenvalue weighted by Crippen LogP contribution is -2.19. The Morgan fingerprint density at radius 3 is 2.36 bits per heavy atom. The molecule has 1 unspecified atom stereocenters. The molecule has 0 saturated heterocycles. The smallest absolute Gasteiger partial charge is 0.323 e. The minimum Gasteiger partial charge on any atom is -0.481 e. The Balaban J connectivity index is 1.98. The zero-order valence-electron chi connectivity index (χ0n) is 14.3. The van der Waals surface area contributed by atoms with Gasteiger partial charge >= 0.3 is 12.0 Å². The van der Waals surface area contributed by atoms with Crippen molar-refractivity contribution in [2.45, 2.75) is 25.9 Å². The number of amides is 2. The number of urea groups is 1. The molecule has 2 amide bonds. The molecule has 0 spiro atoms. The zero-order valence-corrected chi connectivity index (χ0v) is 14.3. The van der Waals surface area contributed by atoms with Gasteiger partial charge in [0.1, 0.15) is 0 Å². The number of carboxylic acids is 1. The molecule has 132 valence electrons. The summed E-state index contributed by atoms with van der Waals surface area (Å²) in [5.74, 6) is -0.846. The van der Waals surface area contributed by atoms with Crippen LogP contribution in [0.1, 0.15) is 30.6 Å². The van der Waals surface area contributed by atoms with E-state index in [0.29, 0.717) is 17.8 Å². The monoisotopic (exact) mass is 342 g/mol. The van der Waals surface area contributed by atoms with E-state index in [9.17, 15) is 9.59 Å². The molecule has 0 aliphatic carbocycles. The molecule has 0 aliphatic heterocycles. The summed E-state index contributed by atoms with van der Waals surface area (Å²) in [4.78, 5) is 22.8. The van der Waals surface area contributed by atoms with Crippen molar-refractivity contribution in [3.05, 3.63) is 59.7 Å². The van der Waals surface area contributed by atoms with E-state index in [4.69, 9.17) is 9.84 Å². The number of carbonyl (C=O) groups excluding carboxylic acids is 1. The Kier molecular flexibility index (Phi) is 6.54. The Morgan fingerprint density at radius 2 is 1.72 bits per heavy atom. The first-order chi connectivity index (χ1) is 12.0. The van der Waals surface area contributed by atoms with E-state index in [-0.39, 0.29) is 18.6 Å². The lowest BCUT2D eigenvalue weighted by Gasteiger charge is -2.13. The molecule has 6 nitrogen and oxygen atoms in total. The number of aliphatic carboxylic acids is 1. The molecule has 6 heteroatoms. The van der Waals surface area contributed by atoms with Crippen LogP contribution in [-0.2, 0) is 16.0 Å². The van der Waals surface area contributed by atoms with E-state index < -0.39 is 5.97 Å². The van der Waals surface area contributed by atoms with Crippen molar-refractivity contribution in [2.75, 3.05) is 17.7 Å². The number of rotatable bonds is 7. The maximum absolute atomic E-state index is 12.2. The molecule has 2 aromatic carbocycles. The number of hydrogen-bond donors (Lipinski definition) is 3. The van der Waals surface area contributed by atoms with Gasteiger partial charge in [-0.2, -0.15) is 0 Å². The highest BCUT2D eigenvalue weighted by Gasteiger charge is 2.07. The fourth-order valence-corrected chi connectivity index (χ4v) is 2.35. The molecule has 1 atom stereocenters. The van der Waals surface area contributed by atoms with Crippen molar-refractivity contribution < 1.29 is 19.4 Å². The molecule has 0 bridgehead atoms. The SMILES string of the molecule is COC(C)c1cccc(NC(=O)Nc2cccc(CCC(=O)O)c2)c1. The summed E-state index contributed by atoms with van der Waals surface area (Å²) >= 11 is 0. The molecule has 2 rings (SSSR count). The predicted octanol–water partition coefficient (Wildman–Crippen LogP) is 4.06. The quantitative estimate of drug-likeness (QED) is 0.708. The highest BCUT2D eigenvalue weighted by atomic mass is 16.5. The van der Waals surface area contributed by atoms with Crippen LogP contribution in [0.2, 0.25) is 0 Å². The molecule has 0 aliphatic rings. The van der Waals surface area contributed by atoms with Crippen molar-refractivity contribution in [3.63, 3.8) is 0 Å². The summed E-state index contributed by atoms with van der Waals surface area (Å²) in [5, 5.41) is 14.3. The van der Waals surface area contributed by atoms with Crippen LogP contribution in [-0.4, -0.2) is 24.2 Å². The summed E-state index contributed by atoms with van der Waals surface area (Å²) in [5.41, 5.74) is 3.11. The molecule has 0 radical (unpaired) electrons. The summed E-state index contributed by atoms with van der Waals surface area (Å²) in [7, 11) is 1.63. The van der Waals surface area contributed by atoms with Gasteiger partial charge in [0, 0.05) is 24.9 Å². The molecule has 0 saturated carbocycles. The second-order valence-corrected chi connectivity index (χ2v) is 5.68. The van der Waals surface area contributed by atoms with Crippen LogP contribution >= 0.6 is 0 Å². The number of hydrogen-bond acceptors (Lipinski definition) is 3. The Morgan fingerprint density at radius 1 is 1.08 bits per heavy atom. The van der Waals surface area contributed by atoms with Gasteiger partial charge in [-0.1, -0.05) is 24.3 Å². The first-order valence-corrected chi connectivity index (χ1v) is 7.99. The van der Waals surface area contributed by atoms with Gasteiger partial charge in [0.05, 0.1) is 6.10 Å². The standard InChI is InChI=1S/C19H22N2O4/c1-13(25-2)15-6-4-8-17(12-15)21-19(24)20-16-7-3-5-14(11-16)9-10-18(22)23/h3-8,11-13H,9-10H2,1-2H3,(H,22,23)(H2,20,21,24). The highest BCUT2D eigenvalue weighted by Crippen LogP contribution is 2.20. The minimum absolute atomic E-state index is 0.0557. The molecule has 25 heavy (non-hydrogen) atoms. The Labute approximate surface area is 146 Å². The highest BCUT2D eigenvalue weighted by molar-refractivity contribution is 5.99. The number of ether oxygens (including phenoxy) is 1. The van der Waals surface area contributed by atoms with Gasteiger partial charge < -0.3 is 20.5 Å². The third-order valence-electron chi connectivity index (χ3n) is 3.78. The minimum atomic E-state index is -0.846. The Bertz CT molecular complexity index is 746. The van der Waals surface area contributed by atoms with Crippen molar-refractivity contribution in [3.8, 4) is 0 Å². The number of carbonyl (C=O) groups is 2. The van der Waals surface area contributed by atoms with E-state index in [2.05, 4.69) is 10.6 Å².